The van der Waals surface area contributed by atoms with Gasteiger partial charge in [-0.1, -0.05) is 50.6 Å². The van der Waals surface area contributed by atoms with Crippen LogP contribution in [-0.4, -0.2) is 17.4 Å². The molecule has 1 aliphatic carbocycles. The molecule has 0 unspecified atom stereocenters. The van der Waals surface area contributed by atoms with E-state index in [1.165, 1.54) is 25.7 Å². The average Bonchev–Trinajstić information content (AvgIpc) is 3.29. The van der Waals surface area contributed by atoms with Crippen LogP contribution in [0.15, 0.2) is 37.1 Å². The predicted molar refractivity (Wildman–Crippen MR) is 86.3 cm³/mol. The Morgan fingerprint density at radius 3 is 2.35 bits per heavy atom. The maximum atomic E-state index is 11.8. The smallest absolute Gasteiger partial charge is 0.229 e. The van der Waals surface area contributed by atoms with E-state index < -0.39 is 0 Å². The molecule has 112 valence electrons. The summed E-state index contributed by atoms with van der Waals surface area (Å²) in [5.74, 6) is 0.507. The van der Waals surface area contributed by atoms with Crippen molar-refractivity contribution in [3.63, 3.8) is 0 Å². The lowest BCUT2D eigenvalue weighted by Gasteiger charge is -2.15. The number of hydrogen-bond donors (Lipinski definition) is 0. The molecule has 20 heavy (non-hydrogen) atoms. The highest BCUT2D eigenvalue weighted by Crippen LogP contribution is 2.30. The summed E-state index contributed by atoms with van der Waals surface area (Å²) in [5, 5.41) is 0. The molecule has 0 aromatic rings. The minimum absolute atomic E-state index is 0.237. The fourth-order valence-corrected chi connectivity index (χ4v) is 2.07. The molecule has 0 aromatic carbocycles. The van der Waals surface area contributed by atoms with Crippen molar-refractivity contribution >= 4 is 5.91 Å². The van der Waals surface area contributed by atoms with Crippen molar-refractivity contribution in [3.8, 4) is 0 Å². The average molecular weight is 275 g/mol. The summed E-state index contributed by atoms with van der Waals surface area (Å²) in [6, 6.07) is 0. The van der Waals surface area contributed by atoms with Crippen LogP contribution < -0.4 is 0 Å². The Labute approximate surface area is 124 Å². The van der Waals surface area contributed by atoms with Crippen LogP contribution in [0.2, 0.25) is 0 Å². The third-order valence-electron chi connectivity index (χ3n) is 3.54. The Hall–Kier alpha value is -1.31. The van der Waals surface area contributed by atoms with Gasteiger partial charge in [0.05, 0.1) is 0 Å². The predicted octanol–water partition coefficient (Wildman–Crippen LogP) is 4.84. The van der Waals surface area contributed by atoms with Gasteiger partial charge in [0.15, 0.2) is 0 Å². The van der Waals surface area contributed by atoms with Gasteiger partial charge in [0.1, 0.15) is 0 Å². The van der Waals surface area contributed by atoms with Gasteiger partial charge in [-0.2, -0.15) is 0 Å². The molecule has 1 amide bonds. The molecule has 1 aliphatic rings. The maximum Gasteiger partial charge on any atom is 0.229 e. The van der Waals surface area contributed by atoms with Gasteiger partial charge in [0, 0.05) is 12.5 Å². The lowest BCUT2D eigenvalue weighted by molar-refractivity contribution is -0.129. The van der Waals surface area contributed by atoms with E-state index in [0.29, 0.717) is 6.54 Å². The van der Waals surface area contributed by atoms with Gasteiger partial charge in [-0.25, -0.2) is 0 Å². The Bertz CT molecular complexity index is 339. The fraction of sp³-hybridized carbons (Fsp3) is 0.611. The van der Waals surface area contributed by atoms with Crippen LogP contribution in [0.3, 0.4) is 0 Å². The van der Waals surface area contributed by atoms with Crippen LogP contribution >= 0.6 is 0 Å². The number of amides is 1. The summed E-state index contributed by atoms with van der Waals surface area (Å²) < 4.78 is 0. The third-order valence-corrected chi connectivity index (χ3v) is 3.54. The number of nitrogens with zero attached hydrogens (tertiary/aromatic N) is 1. The van der Waals surface area contributed by atoms with Crippen LogP contribution in [-0.2, 0) is 4.79 Å². The molecule has 0 bridgehead atoms. The van der Waals surface area contributed by atoms with Crippen LogP contribution in [0.25, 0.3) is 0 Å². The molecule has 1 fully saturated rings. The standard InChI is InChI=1S/C18H29NO/c1-3-5-6-7-8-9-10-11-12-13-16-19(4-2)18(20)17-14-15-17/h4,8-9,12-13,17H,2-3,5-7,10-11,14-16H2,1H3/b9-8-,13-12+. The van der Waals surface area contributed by atoms with E-state index in [4.69, 9.17) is 0 Å². The number of allylic oxidation sites excluding steroid dienone is 3. The van der Waals surface area contributed by atoms with Gasteiger partial charge in [0.25, 0.3) is 0 Å². The largest absolute Gasteiger partial charge is 0.316 e. The van der Waals surface area contributed by atoms with Gasteiger partial charge < -0.3 is 4.90 Å². The van der Waals surface area contributed by atoms with E-state index in [0.717, 1.165) is 25.7 Å². The molecule has 2 heteroatoms. The summed E-state index contributed by atoms with van der Waals surface area (Å²) in [4.78, 5) is 13.6. The van der Waals surface area contributed by atoms with E-state index in [-0.39, 0.29) is 11.8 Å². The van der Waals surface area contributed by atoms with Gasteiger partial charge in [-0.3, -0.25) is 4.79 Å². The van der Waals surface area contributed by atoms with E-state index in [1.807, 2.05) is 0 Å². The van der Waals surface area contributed by atoms with Crippen molar-refractivity contribution in [1.29, 1.82) is 0 Å². The number of rotatable bonds is 11. The number of carbonyl (C=O) groups is 1. The summed E-state index contributed by atoms with van der Waals surface area (Å²) in [6.45, 7) is 6.61. The molecule has 0 heterocycles. The first-order chi connectivity index (χ1) is 9.79. The Balaban J connectivity index is 2.05. The first kappa shape index (κ1) is 16.7. The first-order valence-electron chi connectivity index (χ1n) is 8.02. The number of hydrogen-bond acceptors (Lipinski definition) is 1. The highest BCUT2D eigenvalue weighted by atomic mass is 16.2. The van der Waals surface area contributed by atoms with Crippen molar-refractivity contribution in [3.05, 3.63) is 37.1 Å². The second kappa shape index (κ2) is 10.5. The molecule has 0 aromatic heterocycles. The SMILES string of the molecule is C=CN(C/C=C/CC/C=C\CCCCC)C(=O)C1CC1. The van der Waals surface area contributed by atoms with Gasteiger partial charge >= 0.3 is 0 Å². The molecule has 0 saturated heterocycles. The molecule has 1 saturated carbocycles. The normalized spacial score (nSPS) is 15.1. The Kier molecular flexibility index (Phi) is 8.77. The third kappa shape index (κ3) is 7.32. The molecular formula is C18H29NO. The zero-order valence-electron chi connectivity index (χ0n) is 12.9. The van der Waals surface area contributed by atoms with Crippen LogP contribution in [0.1, 0.15) is 58.3 Å². The molecule has 0 radical (unpaired) electrons. The minimum Gasteiger partial charge on any atom is -0.316 e. The molecule has 0 atom stereocenters. The Morgan fingerprint density at radius 2 is 1.75 bits per heavy atom. The fourth-order valence-electron chi connectivity index (χ4n) is 2.07. The molecule has 0 spiro atoms. The molecule has 2 nitrogen and oxygen atoms in total. The maximum absolute atomic E-state index is 11.8. The van der Waals surface area contributed by atoms with Crippen molar-refractivity contribution < 1.29 is 4.79 Å². The van der Waals surface area contributed by atoms with E-state index in [9.17, 15) is 4.79 Å². The highest BCUT2D eigenvalue weighted by molar-refractivity contribution is 5.82. The highest BCUT2D eigenvalue weighted by Gasteiger charge is 2.32. The quantitative estimate of drug-likeness (QED) is 0.390. The van der Waals surface area contributed by atoms with E-state index >= 15 is 0 Å². The van der Waals surface area contributed by atoms with Crippen molar-refractivity contribution in [2.75, 3.05) is 6.54 Å². The molecular weight excluding hydrogens is 246 g/mol. The van der Waals surface area contributed by atoms with E-state index in [2.05, 4.69) is 37.8 Å². The topological polar surface area (TPSA) is 20.3 Å². The second-order valence-corrected chi connectivity index (χ2v) is 5.46. The summed E-state index contributed by atoms with van der Waals surface area (Å²) in [5.41, 5.74) is 0. The number of unbranched alkanes of at least 4 members (excludes halogenated alkanes) is 4. The second-order valence-electron chi connectivity index (χ2n) is 5.46. The van der Waals surface area contributed by atoms with Crippen LogP contribution in [0, 0.1) is 5.92 Å². The van der Waals surface area contributed by atoms with Crippen LogP contribution in [0.5, 0.6) is 0 Å². The van der Waals surface area contributed by atoms with Gasteiger partial charge in [-0.15, -0.1) is 0 Å². The Morgan fingerprint density at radius 1 is 1.10 bits per heavy atom. The van der Waals surface area contributed by atoms with Gasteiger partial charge in [0.2, 0.25) is 5.91 Å². The molecule has 0 N–H and O–H groups in total. The lowest BCUT2D eigenvalue weighted by Crippen LogP contribution is -2.26. The minimum atomic E-state index is 0.237. The summed E-state index contributed by atoms with van der Waals surface area (Å²) in [6.07, 6.45) is 19.8. The zero-order valence-corrected chi connectivity index (χ0v) is 12.9. The zero-order chi connectivity index (χ0) is 14.6. The molecule has 1 rings (SSSR count). The van der Waals surface area contributed by atoms with Crippen molar-refractivity contribution in [1.82, 2.24) is 4.90 Å². The van der Waals surface area contributed by atoms with Gasteiger partial charge in [-0.05, 0) is 44.7 Å². The van der Waals surface area contributed by atoms with Crippen LogP contribution in [0.4, 0.5) is 0 Å². The monoisotopic (exact) mass is 275 g/mol. The number of carbonyl (C=O) groups excluding carboxylic acids is 1. The van der Waals surface area contributed by atoms with Crippen molar-refractivity contribution in [2.24, 2.45) is 5.92 Å². The molecule has 0 aliphatic heterocycles. The first-order valence-corrected chi connectivity index (χ1v) is 8.02. The summed E-state index contributed by atoms with van der Waals surface area (Å²) in [7, 11) is 0. The summed E-state index contributed by atoms with van der Waals surface area (Å²) >= 11 is 0. The lowest BCUT2D eigenvalue weighted by atomic mass is 10.2. The van der Waals surface area contributed by atoms with Crippen molar-refractivity contribution in [2.45, 2.75) is 58.3 Å². The van der Waals surface area contributed by atoms with E-state index in [1.54, 1.807) is 11.1 Å².